The summed E-state index contributed by atoms with van der Waals surface area (Å²) in [5, 5.41) is 8.84. The van der Waals surface area contributed by atoms with Gasteiger partial charge in [0.25, 0.3) is 5.91 Å². The second-order valence-corrected chi connectivity index (χ2v) is 8.11. The number of nitrogens with zero attached hydrogens (tertiary/aromatic N) is 2. The fourth-order valence-corrected chi connectivity index (χ4v) is 3.44. The van der Waals surface area contributed by atoms with E-state index in [0.29, 0.717) is 31.1 Å². The number of aliphatic hydroxyl groups excluding tert-OH is 1. The Morgan fingerprint density at radius 1 is 1.21 bits per heavy atom. The van der Waals surface area contributed by atoms with Gasteiger partial charge < -0.3 is 19.5 Å². The molecule has 0 fully saturated rings. The van der Waals surface area contributed by atoms with Crippen LogP contribution in [0.4, 0.5) is 0 Å². The number of rotatable bonds is 8. The normalized spacial score (nSPS) is 18.1. The van der Waals surface area contributed by atoms with Crippen LogP contribution >= 0.6 is 15.9 Å². The first-order chi connectivity index (χ1) is 13.9. The van der Waals surface area contributed by atoms with Crippen LogP contribution in [0.25, 0.3) is 0 Å². The van der Waals surface area contributed by atoms with E-state index in [1.165, 1.54) is 0 Å². The molecular weight excluding hydrogens is 436 g/mol. The highest BCUT2D eigenvalue weighted by Crippen LogP contribution is 2.29. The molecule has 0 radical (unpaired) electrons. The molecule has 0 bridgehead atoms. The number of aliphatic imine (C=N–C) groups is 1. The lowest BCUT2D eigenvalue weighted by Crippen LogP contribution is -2.47. The maximum Gasteiger partial charge on any atom is 0.254 e. The Balaban J connectivity index is 1.83. The van der Waals surface area contributed by atoms with E-state index < -0.39 is 5.54 Å². The molecule has 0 saturated carbocycles. The van der Waals surface area contributed by atoms with Gasteiger partial charge >= 0.3 is 0 Å². The van der Waals surface area contributed by atoms with Crippen molar-refractivity contribution in [1.82, 2.24) is 4.90 Å². The van der Waals surface area contributed by atoms with Crippen LogP contribution in [0.15, 0.2) is 58.0 Å². The van der Waals surface area contributed by atoms with Crippen molar-refractivity contribution >= 4 is 27.7 Å². The fourth-order valence-electron chi connectivity index (χ4n) is 3.17. The van der Waals surface area contributed by atoms with Gasteiger partial charge in [0, 0.05) is 43.6 Å². The molecule has 2 aromatic carbocycles. The van der Waals surface area contributed by atoms with E-state index in [2.05, 4.69) is 15.9 Å². The van der Waals surface area contributed by atoms with Gasteiger partial charge in [0.2, 0.25) is 5.90 Å². The van der Waals surface area contributed by atoms with Gasteiger partial charge in [-0.25, -0.2) is 4.99 Å². The van der Waals surface area contributed by atoms with Crippen LogP contribution in [0.2, 0.25) is 0 Å². The summed E-state index contributed by atoms with van der Waals surface area (Å²) in [4.78, 5) is 19.3. The van der Waals surface area contributed by atoms with Gasteiger partial charge in [-0.1, -0.05) is 28.1 Å². The van der Waals surface area contributed by atoms with Crippen LogP contribution in [0.5, 0.6) is 5.75 Å². The quantitative estimate of drug-likeness (QED) is 0.614. The molecule has 0 unspecified atom stereocenters. The fraction of sp³-hybridized carbons (Fsp3) is 0.364. The van der Waals surface area contributed by atoms with Crippen LogP contribution in [-0.2, 0) is 16.0 Å². The molecule has 0 aliphatic carbocycles. The number of benzene rings is 2. The monoisotopic (exact) mass is 460 g/mol. The van der Waals surface area contributed by atoms with Crippen molar-refractivity contribution in [1.29, 1.82) is 0 Å². The summed E-state index contributed by atoms with van der Waals surface area (Å²) in [6.45, 7) is 0.758. The summed E-state index contributed by atoms with van der Waals surface area (Å²) in [5.41, 5.74) is 0.830. The van der Waals surface area contributed by atoms with E-state index in [9.17, 15) is 4.79 Å². The highest BCUT2D eigenvalue weighted by molar-refractivity contribution is 9.10. The zero-order valence-corrected chi connectivity index (χ0v) is 18.2. The number of hydrogen-bond acceptors (Lipinski definition) is 5. The maximum atomic E-state index is 13.0. The molecule has 6 nitrogen and oxygen atoms in total. The minimum absolute atomic E-state index is 0.0839. The van der Waals surface area contributed by atoms with Crippen LogP contribution in [0, 0.1) is 0 Å². The van der Waals surface area contributed by atoms with E-state index in [4.69, 9.17) is 19.6 Å². The molecule has 1 heterocycles. The Kier molecular flexibility index (Phi) is 6.92. The van der Waals surface area contributed by atoms with Gasteiger partial charge in [-0.2, -0.15) is 0 Å². The molecule has 154 valence electrons. The highest BCUT2D eigenvalue weighted by Gasteiger charge is 2.45. The Morgan fingerprint density at radius 2 is 1.90 bits per heavy atom. The Bertz CT molecular complexity index is 865. The molecule has 29 heavy (non-hydrogen) atoms. The van der Waals surface area contributed by atoms with Gasteiger partial charge in [0.05, 0.1) is 6.61 Å². The molecule has 1 N–H and O–H groups in total. The lowest BCUT2D eigenvalue weighted by molar-refractivity contribution is -0.134. The van der Waals surface area contributed by atoms with Crippen molar-refractivity contribution in [2.45, 2.75) is 18.4 Å². The number of hydrogen-bond donors (Lipinski definition) is 1. The second kappa shape index (κ2) is 9.41. The summed E-state index contributed by atoms with van der Waals surface area (Å²) in [6.07, 6.45) is 1.05. The largest absolute Gasteiger partial charge is 0.494 e. The molecule has 7 heteroatoms. The Labute approximate surface area is 179 Å². The van der Waals surface area contributed by atoms with Crippen LogP contribution in [0.3, 0.4) is 0 Å². The summed E-state index contributed by atoms with van der Waals surface area (Å²) < 4.78 is 12.4. The summed E-state index contributed by atoms with van der Waals surface area (Å²) in [7, 11) is 3.47. The van der Waals surface area contributed by atoms with Gasteiger partial charge in [-0.15, -0.1) is 0 Å². The zero-order valence-electron chi connectivity index (χ0n) is 16.6. The number of likely N-dealkylation sites (N-methyl/N-ethyl adjacent to an activating group) is 1. The van der Waals surface area contributed by atoms with Gasteiger partial charge in [0.15, 0.2) is 5.54 Å². The maximum absolute atomic E-state index is 13.0. The zero-order chi connectivity index (χ0) is 20.9. The average Bonchev–Trinajstić information content (AvgIpc) is 3.15. The second-order valence-electron chi connectivity index (χ2n) is 7.19. The number of carbonyl (C=O) groups is 1. The van der Waals surface area contributed by atoms with Crippen LogP contribution < -0.4 is 4.74 Å². The van der Waals surface area contributed by atoms with Gasteiger partial charge in [-0.05, 0) is 42.0 Å². The van der Waals surface area contributed by atoms with Crippen molar-refractivity contribution in [3.05, 3.63) is 64.1 Å². The molecule has 0 spiro atoms. The van der Waals surface area contributed by atoms with Crippen molar-refractivity contribution in [3.8, 4) is 5.75 Å². The van der Waals surface area contributed by atoms with Crippen molar-refractivity contribution in [2.75, 3.05) is 33.9 Å². The summed E-state index contributed by atoms with van der Waals surface area (Å²) in [6, 6.07) is 15.3. The topological polar surface area (TPSA) is 71.4 Å². The third-order valence-electron chi connectivity index (χ3n) is 4.65. The van der Waals surface area contributed by atoms with Gasteiger partial charge in [0.1, 0.15) is 12.4 Å². The molecule has 0 aromatic heterocycles. The van der Waals surface area contributed by atoms with Crippen LogP contribution in [0.1, 0.15) is 17.5 Å². The smallest absolute Gasteiger partial charge is 0.254 e. The lowest BCUT2D eigenvalue weighted by atomic mass is 9.91. The SMILES string of the molecule is CN(C)C(=O)[C@@]1(Cc2ccc(Br)cc2)COC(c2ccc(OCCCO)cc2)=N1. The van der Waals surface area contributed by atoms with Gasteiger partial charge in [-0.3, -0.25) is 4.79 Å². The number of amides is 1. The average molecular weight is 461 g/mol. The molecule has 3 rings (SSSR count). The molecule has 1 aliphatic rings. The molecule has 1 aliphatic heterocycles. The first-order valence-corrected chi connectivity index (χ1v) is 10.3. The highest BCUT2D eigenvalue weighted by atomic mass is 79.9. The predicted molar refractivity (Wildman–Crippen MR) is 115 cm³/mol. The van der Waals surface area contributed by atoms with Crippen molar-refractivity contribution in [3.63, 3.8) is 0 Å². The summed E-state index contributed by atoms with van der Waals surface area (Å²) in [5.74, 6) is 1.09. The molecule has 2 aromatic rings. The van der Waals surface area contributed by atoms with E-state index in [0.717, 1.165) is 15.6 Å². The van der Waals surface area contributed by atoms with E-state index in [1.54, 1.807) is 19.0 Å². The summed E-state index contributed by atoms with van der Waals surface area (Å²) >= 11 is 3.44. The molecule has 1 atom stereocenters. The molecule has 1 amide bonds. The molecular formula is C22H25BrN2O4. The Hall–Kier alpha value is -2.38. The number of halogens is 1. The lowest BCUT2D eigenvalue weighted by Gasteiger charge is -2.26. The van der Waals surface area contributed by atoms with Crippen LogP contribution in [-0.4, -0.2) is 61.3 Å². The standard InChI is InChI=1S/C22H25BrN2O4/c1-25(2)21(27)22(14-16-4-8-18(23)9-5-16)15-29-20(24-22)17-6-10-19(11-7-17)28-13-3-12-26/h4-11,26H,3,12-15H2,1-2H3/t22-/m1/s1. The number of carbonyl (C=O) groups excluding carboxylic acids is 1. The van der Waals surface area contributed by atoms with E-state index in [-0.39, 0.29) is 19.1 Å². The minimum atomic E-state index is -0.983. The Morgan fingerprint density at radius 3 is 2.52 bits per heavy atom. The van der Waals surface area contributed by atoms with E-state index >= 15 is 0 Å². The first kappa shape index (κ1) is 21.3. The molecule has 0 saturated heterocycles. The minimum Gasteiger partial charge on any atom is -0.494 e. The van der Waals surface area contributed by atoms with Crippen molar-refractivity contribution < 1.29 is 19.4 Å². The third kappa shape index (κ3) is 5.16. The number of aliphatic hydroxyl groups is 1. The van der Waals surface area contributed by atoms with Crippen molar-refractivity contribution in [2.24, 2.45) is 4.99 Å². The van der Waals surface area contributed by atoms with E-state index in [1.807, 2.05) is 48.5 Å². The number of ether oxygens (including phenoxy) is 2. The predicted octanol–water partition coefficient (Wildman–Crippen LogP) is 3.06. The third-order valence-corrected chi connectivity index (χ3v) is 5.18. The first-order valence-electron chi connectivity index (χ1n) is 9.46.